The molecule has 2 rings (SSSR count). The summed E-state index contributed by atoms with van der Waals surface area (Å²) >= 11 is 6.72. The predicted octanol–water partition coefficient (Wildman–Crippen LogP) is 4.60. The molecule has 9 heteroatoms. The molecular weight excluding hydrogens is 367 g/mol. The van der Waals surface area contributed by atoms with Crippen LogP contribution in [-0.2, 0) is 15.7 Å². The monoisotopic (exact) mass is 377 g/mol. The van der Waals surface area contributed by atoms with Gasteiger partial charge in [-0.2, -0.15) is 13.2 Å². The number of anilines is 1. The van der Waals surface area contributed by atoms with Crippen LogP contribution in [0.1, 0.15) is 22.2 Å². The van der Waals surface area contributed by atoms with Crippen LogP contribution in [0.25, 0.3) is 0 Å². The highest BCUT2D eigenvalue weighted by Gasteiger charge is 2.30. The molecule has 128 valence electrons. The van der Waals surface area contributed by atoms with Gasteiger partial charge in [0.2, 0.25) is 0 Å². The average Bonchev–Trinajstić information content (AvgIpc) is 2.93. The van der Waals surface area contributed by atoms with Crippen LogP contribution in [0.5, 0.6) is 0 Å². The molecule has 0 bridgehead atoms. The van der Waals surface area contributed by atoms with Crippen molar-refractivity contribution in [2.24, 2.45) is 0 Å². The zero-order chi connectivity index (χ0) is 17.9. The molecule has 0 aliphatic carbocycles. The number of rotatable bonds is 4. The lowest BCUT2D eigenvalue weighted by atomic mass is 10.2. The number of carbonyl (C=O) groups excluding carboxylic acids is 2. The van der Waals surface area contributed by atoms with Gasteiger partial charge in [-0.15, -0.1) is 11.3 Å². The molecule has 0 fully saturated rings. The summed E-state index contributed by atoms with van der Waals surface area (Å²) in [6.45, 7) is 1.35. The van der Waals surface area contributed by atoms with Gasteiger partial charge in [-0.05, 0) is 43.3 Å². The maximum atomic E-state index is 12.5. The number of thiophene rings is 1. The summed E-state index contributed by atoms with van der Waals surface area (Å²) < 4.78 is 42.8. The molecule has 0 aliphatic rings. The van der Waals surface area contributed by atoms with Crippen molar-refractivity contribution in [2.75, 3.05) is 5.32 Å². The number of benzene rings is 1. The number of esters is 1. The van der Waals surface area contributed by atoms with Gasteiger partial charge < -0.3 is 10.1 Å². The molecule has 0 saturated carbocycles. The smallest absolute Gasteiger partial charge is 0.416 e. The number of ether oxygens (including phenoxy) is 1. The molecular formula is C15H11ClF3NO3S. The third kappa shape index (κ3) is 4.72. The van der Waals surface area contributed by atoms with Gasteiger partial charge >= 0.3 is 12.1 Å². The Balaban J connectivity index is 1.95. The van der Waals surface area contributed by atoms with Gasteiger partial charge in [0, 0.05) is 5.69 Å². The molecule has 1 aromatic heterocycles. The summed E-state index contributed by atoms with van der Waals surface area (Å²) in [5.41, 5.74) is -0.662. The quantitative estimate of drug-likeness (QED) is 0.792. The van der Waals surface area contributed by atoms with Gasteiger partial charge in [0.05, 0.1) is 9.90 Å². The molecule has 0 spiro atoms. The molecule has 1 heterocycles. The van der Waals surface area contributed by atoms with Crippen molar-refractivity contribution in [3.8, 4) is 0 Å². The third-order valence-corrected chi connectivity index (χ3v) is 4.12. The second kappa shape index (κ2) is 7.23. The number of carbonyl (C=O) groups is 2. The number of alkyl halides is 3. The SMILES string of the molecule is C[C@H](OC(=O)c1ccc(Cl)s1)C(=O)Nc1ccc(C(F)(F)F)cc1. The fraction of sp³-hybridized carbons (Fsp3) is 0.200. The van der Waals surface area contributed by atoms with E-state index in [0.29, 0.717) is 4.34 Å². The zero-order valence-corrected chi connectivity index (χ0v) is 13.8. The van der Waals surface area contributed by atoms with Gasteiger partial charge in [-0.25, -0.2) is 4.79 Å². The molecule has 1 atom stereocenters. The Morgan fingerprint density at radius 2 is 1.79 bits per heavy atom. The second-order valence-corrected chi connectivity index (χ2v) is 6.43. The Hall–Kier alpha value is -2.06. The van der Waals surface area contributed by atoms with Gasteiger partial charge in [0.25, 0.3) is 5.91 Å². The van der Waals surface area contributed by atoms with Crippen molar-refractivity contribution in [2.45, 2.75) is 19.2 Å². The Morgan fingerprint density at radius 3 is 2.29 bits per heavy atom. The number of amides is 1. The van der Waals surface area contributed by atoms with E-state index in [1.165, 1.54) is 19.1 Å². The predicted molar refractivity (Wildman–Crippen MR) is 84.3 cm³/mol. The van der Waals surface area contributed by atoms with Crippen molar-refractivity contribution in [1.82, 2.24) is 0 Å². The van der Waals surface area contributed by atoms with Crippen LogP contribution >= 0.6 is 22.9 Å². The summed E-state index contributed by atoms with van der Waals surface area (Å²) in [4.78, 5) is 24.0. The molecule has 0 saturated heterocycles. The first-order valence-electron chi connectivity index (χ1n) is 6.61. The number of halogens is 4. The minimum atomic E-state index is -4.45. The van der Waals surface area contributed by atoms with E-state index in [-0.39, 0.29) is 10.6 Å². The van der Waals surface area contributed by atoms with Crippen molar-refractivity contribution < 1.29 is 27.5 Å². The van der Waals surface area contributed by atoms with Crippen LogP contribution in [0.2, 0.25) is 4.34 Å². The highest BCUT2D eigenvalue weighted by molar-refractivity contribution is 7.17. The molecule has 24 heavy (non-hydrogen) atoms. The van der Waals surface area contributed by atoms with Crippen molar-refractivity contribution in [3.63, 3.8) is 0 Å². The highest BCUT2D eigenvalue weighted by atomic mass is 35.5. The Labute approximate surface area is 144 Å². The Bertz CT molecular complexity index is 743. The van der Waals surface area contributed by atoms with E-state index in [4.69, 9.17) is 16.3 Å². The summed E-state index contributed by atoms with van der Waals surface area (Å²) in [6, 6.07) is 6.92. The van der Waals surface area contributed by atoms with E-state index in [0.717, 1.165) is 35.6 Å². The maximum absolute atomic E-state index is 12.5. The topological polar surface area (TPSA) is 55.4 Å². The second-order valence-electron chi connectivity index (χ2n) is 4.72. The largest absolute Gasteiger partial charge is 0.448 e. The van der Waals surface area contributed by atoms with Gasteiger partial charge in [-0.1, -0.05) is 11.6 Å². The third-order valence-electron chi connectivity index (χ3n) is 2.91. The summed E-state index contributed by atoms with van der Waals surface area (Å²) in [5, 5.41) is 2.38. The minimum absolute atomic E-state index is 0.162. The van der Waals surface area contributed by atoms with Crippen LogP contribution < -0.4 is 5.32 Å². The fourth-order valence-electron chi connectivity index (χ4n) is 1.68. The first-order valence-corrected chi connectivity index (χ1v) is 7.80. The molecule has 1 N–H and O–H groups in total. The van der Waals surface area contributed by atoms with E-state index >= 15 is 0 Å². The van der Waals surface area contributed by atoms with E-state index in [1.54, 1.807) is 0 Å². The van der Waals surface area contributed by atoms with Crippen LogP contribution in [0.3, 0.4) is 0 Å². The molecule has 4 nitrogen and oxygen atoms in total. The minimum Gasteiger partial charge on any atom is -0.448 e. The molecule has 0 unspecified atom stereocenters. The summed E-state index contributed by atoms with van der Waals surface area (Å²) in [7, 11) is 0. The van der Waals surface area contributed by atoms with Crippen LogP contribution in [0, 0.1) is 0 Å². The van der Waals surface area contributed by atoms with E-state index in [2.05, 4.69) is 5.32 Å². The Morgan fingerprint density at radius 1 is 1.17 bits per heavy atom. The summed E-state index contributed by atoms with van der Waals surface area (Å²) in [5.74, 6) is -1.37. The lowest BCUT2D eigenvalue weighted by Crippen LogP contribution is -2.29. The number of hydrogen-bond acceptors (Lipinski definition) is 4. The average molecular weight is 378 g/mol. The number of hydrogen-bond donors (Lipinski definition) is 1. The van der Waals surface area contributed by atoms with Crippen molar-refractivity contribution in [3.05, 3.63) is 51.2 Å². The van der Waals surface area contributed by atoms with Crippen molar-refractivity contribution >= 4 is 40.5 Å². The highest BCUT2D eigenvalue weighted by Crippen LogP contribution is 2.29. The molecule has 1 aromatic carbocycles. The fourth-order valence-corrected chi connectivity index (χ4v) is 2.61. The molecule has 2 aromatic rings. The van der Waals surface area contributed by atoms with E-state index in [1.807, 2.05) is 0 Å². The van der Waals surface area contributed by atoms with Crippen molar-refractivity contribution in [1.29, 1.82) is 0 Å². The van der Waals surface area contributed by atoms with Crippen LogP contribution in [-0.4, -0.2) is 18.0 Å². The normalized spacial score (nSPS) is 12.5. The van der Waals surface area contributed by atoms with E-state index < -0.39 is 29.7 Å². The van der Waals surface area contributed by atoms with Crippen LogP contribution in [0.15, 0.2) is 36.4 Å². The lowest BCUT2D eigenvalue weighted by Gasteiger charge is -2.13. The van der Waals surface area contributed by atoms with Crippen LogP contribution in [0.4, 0.5) is 18.9 Å². The molecule has 0 aliphatic heterocycles. The van der Waals surface area contributed by atoms with Gasteiger partial charge in [0.1, 0.15) is 4.88 Å². The number of nitrogens with one attached hydrogen (secondary N) is 1. The molecule has 0 radical (unpaired) electrons. The van der Waals surface area contributed by atoms with E-state index in [9.17, 15) is 22.8 Å². The first kappa shape index (κ1) is 18.3. The standard InChI is InChI=1S/C15H11ClF3NO3S/c1-8(23-14(22)11-6-7-12(16)24-11)13(21)20-10-4-2-9(3-5-10)15(17,18)19/h2-8H,1H3,(H,20,21)/t8-/m0/s1. The first-order chi connectivity index (χ1) is 11.2. The maximum Gasteiger partial charge on any atom is 0.416 e. The molecule has 1 amide bonds. The zero-order valence-electron chi connectivity index (χ0n) is 12.2. The summed E-state index contributed by atoms with van der Waals surface area (Å²) in [6.07, 6.45) is -5.58. The van der Waals surface area contributed by atoms with Gasteiger partial charge in [-0.3, -0.25) is 4.79 Å². The van der Waals surface area contributed by atoms with Gasteiger partial charge in [0.15, 0.2) is 6.10 Å². The lowest BCUT2D eigenvalue weighted by molar-refractivity contribution is -0.137. The Kier molecular flexibility index (Phi) is 5.51.